The number of hydrogen-bond donors (Lipinski definition) is 1. The molecule has 1 N–H and O–H groups in total. The minimum atomic E-state index is 0.265. The van der Waals surface area contributed by atoms with E-state index < -0.39 is 0 Å². The molecule has 1 fully saturated rings. The van der Waals surface area contributed by atoms with Crippen molar-refractivity contribution in [2.45, 2.75) is 6.04 Å². The van der Waals surface area contributed by atoms with E-state index in [9.17, 15) is 0 Å². The van der Waals surface area contributed by atoms with Crippen LogP contribution >= 0.6 is 0 Å². The molecule has 18 heavy (non-hydrogen) atoms. The highest BCUT2D eigenvalue weighted by Gasteiger charge is 2.22. The molecule has 0 bridgehead atoms. The molecule has 3 rings (SSSR count). The Kier molecular flexibility index (Phi) is 2.97. The average molecular weight is 246 g/mol. The first-order valence-corrected chi connectivity index (χ1v) is 6.26. The fourth-order valence-corrected chi connectivity index (χ4v) is 2.48. The van der Waals surface area contributed by atoms with Crippen LogP contribution in [0.2, 0.25) is 0 Å². The molecule has 1 aliphatic rings. The quantitative estimate of drug-likeness (QED) is 0.879. The Morgan fingerprint density at radius 3 is 3.11 bits per heavy atom. The van der Waals surface area contributed by atoms with E-state index in [2.05, 4.69) is 29.4 Å². The number of hydrogen-bond acceptors (Lipinski definition) is 4. The third-order valence-electron chi connectivity index (χ3n) is 3.47. The summed E-state index contributed by atoms with van der Waals surface area (Å²) < 4.78 is 11.3. The molecule has 0 spiro atoms. The molecule has 1 saturated heterocycles. The van der Waals surface area contributed by atoms with Crippen LogP contribution in [0.3, 0.4) is 0 Å². The highest BCUT2D eigenvalue weighted by Crippen LogP contribution is 2.31. The monoisotopic (exact) mass is 246 g/mol. The fraction of sp³-hybridized carbons (Fsp3) is 0.429. The number of nitrogens with zero attached hydrogens (tertiary/aromatic N) is 1. The van der Waals surface area contributed by atoms with Gasteiger partial charge in [-0.3, -0.25) is 0 Å². The van der Waals surface area contributed by atoms with E-state index in [1.54, 1.807) is 7.11 Å². The highest BCUT2D eigenvalue weighted by atomic mass is 16.5. The standard InChI is InChI=1S/C14H18N2O2/c1-16-7-6-15-11(9-16)13-8-10-4-3-5-12(17-2)14(10)18-13/h3-5,8,11,15H,6-7,9H2,1-2H3. The molecular weight excluding hydrogens is 228 g/mol. The zero-order chi connectivity index (χ0) is 12.5. The summed E-state index contributed by atoms with van der Waals surface area (Å²) in [6.07, 6.45) is 0. The van der Waals surface area contributed by atoms with Gasteiger partial charge in [-0.05, 0) is 19.2 Å². The van der Waals surface area contributed by atoms with Gasteiger partial charge in [0.1, 0.15) is 5.76 Å². The third kappa shape index (κ3) is 1.98. The van der Waals surface area contributed by atoms with Crippen LogP contribution in [0.25, 0.3) is 11.0 Å². The van der Waals surface area contributed by atoms with Crippen molar-refractivity contribution in [3.8, 4) is 5.75 Å². The maximum atomic E-state index is 5.96. The van der Waals surface area contributed by atoms with Crippen molar-refractivity contribution >= 4 is 11.0 Å². The highest BCUT2D eigenvalue weighted by molar-refractivity contribution is 5.83. The van der Waals surface area contributed by atoms with Crippen molar-refractivity contribution in [2.24, 2.45) is 0 Å². The zero-order valence-corrected chi connectivity index (χ0v) is 10.8. The van der Waals surface area contributed by atoms with Crippen LogP contribution in [0, 0.1) is 0 Å². The van der Waals surface area contributed by atoms with Gasteiger partial charge in [0, 0.05) is 25.0 Å². The first-order chi connectivity index (χ1) is 8.78. The molecule has 0 radical (unpaired) electrons. The first kappa shape index (κ1) is 11.6. The Bertz CT molecular complexity index is 550. The zero-order valence-electron chi connectivity index (χ0n) is 10.8. The number of nitrogens with one attached hydrogen (secondary N) is 1. The van der Waals surface area contributed by atoms with E-state index in [0.717, 1.165) is 42.1 Å². The minimum Gasteiger partial charge on any atom is -0.493 e. The van der Waals surface area contributed by atoms with Gasteiger partial charge in [0.15, 0.2) is 11.3 Å². The Labute approximate surface area is 107 Å². The maximum Gasteiger partial charge on any atom is 0.176 e. The SMILES string of the molecule is COc1cccc2cc(C3CN(C)CCN3)oc12. The topological polar surface area (TPSA) is 37.6 Å². The molecule has 4 heteroatoms. The summed E-state index contributed by atoms with van der Waals surface area (Å²) in [6.45, 7) is 3.05. The largest absolute Gasteiger partial charge is 0.493 e. The Morgan fingerprint density at radius 2 is 2.33 bits per heavy atom. The molecule has 1 aromatic heterocycles. The number of rotatable bonds is 2. The van der Waals surface area contributed by atoms with Crippen LogP contribution in [0.4, 0.5) is 0 Å². The first-order valence-electron chi connectivity index (χ1n) is 6.26. The second-order valence-corrected chi connectivity index (χ2v) is 4.80. The van der Waals surface area contributed by atoms with Crippen LogP contribution in [0.15, 0.2) is 28.7 Å². The van der Waals surface area contributed by atoms with Crippen molar-refractivity contribution in [1.82, 2.24) is 10.2 Å². The summed E-state index contributed by atoms with van der Waals surface area (Å²) in [4.78, 5) is 2.31. The maximum absolute atomic E-state index is 5.96. The van der Waals surface area contributed by atoms with E-state index in [1.807, 2.05) is 12.1 Å². The molecule has 4 nitrogen and oxygen atoms in total. The van der Waals surface area contributed by atoms with Crippen molar-refractivity contribution in [3.05, 3.63) is 30.0 Å². The Hall–Kier alpha value is -1.52. The van der Waals surface area contributed by atoms with Crippen LogP contribution in [0.1, 0.15) is 11.8 Å². The molecule has 0 amide bonds. The molecule has 1 aliphatic heterocycles. The van der Waals surface area contributed by atoms with Gasteiger partial charge in [-0.2, -0.15) is 0 Å². The summed E-state index contributed by atoms with van der Waals surface area (Å²) in [5.41, 5.74) is 0.838. The summed E-state index contributed by atoms with van der Waals surface area (Å²) in [5.74, 6) is 1.78. The van der Waals surface area contributed by atoms with Crippen molar-refractivity contribution in [2.75, 3.05) is 33.8 Å². The summed E-state index contributed by atoms with van der Waals surface area (Å²) >= 11 is 0. The lowest BCUT2D eigenvalue weighted by Crippen LogP contribution is -2.43. The van der Waals surface area contributed by atoms with Crippen LogP contribution in [-0.4, -0.2) is 38.7 Å². The van der Waals surface area contributed by atoms with E-state index in [0.29, 0.717) is 0 Å². The minimum absolute atomic E-state index is 0.265. The molecule has 2 aromatic rings. The lowest BCUT2D eigenvalue weighted by molar-refractivity contribution is 0.224. The van der Waals surface area contributed by atoms with E-state index >= 15 is 0 Å². The van der Waals surface area contributed by atoms with Gasteiger partial charge in [0.2, 0.25) is 0 Å². The van der Waals surface area contributed by atoms with Gasteiger partial charge in [-0.1, -0.05) is 12.1 Å². The molecule has 0 aliphatic carbocycles. The Morgan fingerprint density at radius 1 is 1.44 bits per heavy atom. The Balaban J connectivity index is 1.97. The van der Waals surface area contributed by atoms with E-state index in [1.165, 1.54) is 0 Å². The number of para-hydroxylation sites is 1. The number of fused-ring (bicyclic) bond motifs is 1. The van der Waals surface area contributed by atoms with Crippen molar-refractivity contribution in [3.63, 3.8) is 0 Å². The number of furan rings is 1. The predicted molar refractivity (Wildman–Crippen MR) is 71.0 cm³/mol. The van der Waals surface area contributed by atoms with Gasteiger partial charge < -0.3 is 19.4 Å². The number of likely N-dealkylation sites (N-methyl/N-ethyl adjacent to an activating group) is 1. The van der Waals surface area contributed by atoms with Crippen LogP contribution in [-0.2, 0) is 0 Å². The molecule has 1 unspecified atom stereocenters. The molecular formula is C14H18N2O2. The average Bonchev–Trinajstić information content (AvgIpc) is 2.82. The number of methoxy groups -OCH3 is 1. The number of piperazine rings is 1. The second kappa shape index (κ2) is 4.63. The molecule has 1 aromatic carbocycles. The molecule has 96 valence electrons. The van der Waals surface area contributed by atoms with Gasteiger partial charge in [-0.25, -0.2) is 0 Å². The molecule has 2 heterocycles. The predicted octanol–water partition coefficient (Wildman–Crippen LogP) is 2.02. The van der Waals surface area contributed by atoms with Crippen LogP contribution < -0.4 is 10.1 Å². The van der Waals surface area contributed by atoms with Gasteiger partial charge in [0.25, 0.3) is 0 Å². The smallest absolute Gasteiger partial charge is 0.176 e. The van der Waals surface area contributed by atoms with Crippen LogP contribution in [0.5, 0.6) is 5.75 Å². The van der Waals surface area contributed by atoms with Gasteiger partial charge in [0.05, 0.1) is 13.2 Å². The summed E-state index contributed by atoms with van der Waals surface area (Å²) in [5, 5.41) is 4.58. The third-order valence-corrected chi connectivity index (χ3v) is 3.47. The molecule has 1 atom stereocenters. The number of ether oxygens (including phenoxy) is 1. The van der Waals surface area contributed by atoms with Crippen molar-refractivity contribution < 1.29 is 9.15 Å². The summed E-state index contributed by atoms with van der Waals surface area (Å²) in [7, 11) is 3.81. The lowest BCUT2D eigenvalue weighted by atomic mass is 10.1. The lowest BCUT2D eigenvalue weighted by Gasteiger charge is -2.29. The number of benzene rings is 1. The summed E-state index contributed by atoms with van der Waals surface area (Å²) in [6, 6.07) is 8.34. The fourth-order valence-electron chi connectivity index (χ4n) is 2.48. The second-order valence-electron chi connectivity index (χ2n) is 4.80. The molecule has 0 saturated carbocycles. The van der Waals surface area contributed by atoms with E-state index in [4.69, 9.17) is 9.15 Å². The van der Waals surface area contributed by atoms with E-state index in [-0.39, 0.29) is 6.04 Å². The van der Waals surface area contributed by atoms with Gasteiger partial charge in [-0.15, -0.1) is 0 Å². The normalized spacial score (nSPS) is 21.3. The van der Waals surface area contributed by atoms with Gasteiger partial charge >= 0.3 is 0 Å². The van der Waals surface area contributed by atoms with Crippen molar-refractivity contribution in [1.29, 1.82) is 0 Å².